The Bertz CT molecular complexity index is 154. The van der Waals surface area contributed by atoms with Gasteiger partial charge in [-0.1, -0.05) is 0 Å². The average Bonchev–Trinajstić information content (AvgIpc) is 1.98. The number of halogens is 1. The molecule has 1 N–H and O–H groups in total. The molecule has 0 aromatic carbocycles. The van der Waals surface area contributed by atoms with E-state index in [1.54, 1.807) is 0 Å². The van der Waals surface area contributed by atoms with Crippen LogP contribution in [0.2, 0.25) is 0 Å². The van der Waals surface area contributed by atoms with Crippen LogP contribution in [0, 0.1) is 0 Å². The van der Waals surface area contributed by atoms with Crippen LogP contribution >= 0.6 is 0 Å². The molecular formula is C4H5FN2O. The summed E-state index contributed by atoms with van der Waals surface area (Å²) in [6.07, 6.45) is -1.52. The molecule has 0 radical (unpaired) electrons. The van der Waals surface area contributed by atoms with Crippen LogP contribution in [0.1, 0.15) is 6.92 Å². The van der Waals surface area contributed by atoms with Gasteiger partial charge < -0.3 is 0 Å². The molecule has 0 bridgehead atoms. The summed E-state index contributed by atoms with van der Waals surface area (Å²) in [5, 5.41) is 3.34. The molecule has 0 saturated heterocycles. The van der Waals surface area contributed by atoms with Crippen molar-refractivity contribution < 1.29 is 9.18 Å². The molecule has 4 heteroatoms. The maximum absolute atomic E-state index is 12.2. The predicted molar refractivity (Wildman–Crippen MR) is 26.1 cm³/mol. The molecule has 1 aliphatic heterocycles. The molecule has 1 unspecified atom stereocenters. The molecule has 0 spiro atoms. The number of hydrogen-bond donors (Lipinski definition) is 1. The number of hydrazone groups is 1. The summed E-state index contributed by atoms with van der Waals surface area (Å²) >= 11 is 0. The van der Waals surface area contributed by atoms with E-state index >= 15 is 0 Å². The van der Waals surface area contributed by atoms with Gasteiger partial charge in [-0.15, -0.1) is 0 Å². The van der Waals surface area contributed by atoms with Crippen LogP contribution in [0.25, 0.3) is 0 Å². The molecule has 0 fully saturated rings. The molecule has 8 heavy (non-hydrogen) atoms. The minimum atomic E-state index is -1.52. The highest BCUT2D eigenvalue weighted by Crippen LogP contribution is 1.99. The summed E-state index contributed by atoms with van der Waals surface area (Å²) in [6.45, 7) is 1.46. The standard InChI is InChI=1S/C4H5FN2O/c1-2-3(5)4(8)7-6-2/h3H,1H3,(H,7,8). The lowest BCUT2D eigenvalue weighted by atomic mass is 10.3. The predicted octanol–water partition coefficient (Wildman–Crippen LogP) is -0.170. The molecule has 3 nitrogen and oxygen atoms in total. The Labute approximate surface area is 45.6 Å². The van der Waals surface area contributed by atoms with Crippen molar-refractivity contribution in [2.75, 3.05) is 0 Å². The van der Waals surface area contributed by atoms with Crippen molar-refractivity contribution in [1.82, 2.24) is 5.43 Å². The average molecular weight is 116 g/mol. The highest BCUT2D eigenvalue weighted by Gasteiger charge is 2.25. The first-order valence-electron chi connectivity index (χ1n) is 2.20. The van der Waals surface area contributed by atoms with E-state index in [0.717, 1.165) is 0 Å². The number of alkyl halides is 1. The number of nitrogens with zero attached hydrogens (tertiary/aromatic N) is 1. The van der Waals surface area contributed by atoms with Crippen LogP contribution in [0.15, 0.2) is 5.10 Å². The molecule has 0 aromatic heterocycles. The van der Waals surface area contributed by atoms with E-state index in [4.69, 9.17) is 0 Å². The Morgan fingerprint density at radius 2 is 2.50 bits per heavy atom. The van der Waals surface area contributed by atoms with E-state index in [2.05, 4.69) is 5.10 Å². The second kappa shape index (κ2) is 1.54. The van der Waals surface area contributed by atoms with Crippen molar-refractivity contribution >= 4 is 11.6 Å². The van der Waals surface area contributed by atoms with Gasteiger partial charge in [-0.25, -0.2) is 9.82 Å². The number of hydrogen-bond acceptors (Lipinski definition) is 2. The minimum absolute atomic E-state index is 0.204. The van der Waals surface area contributed by atoms with Crippen LogP contribution in [-0.4, -0.2) is 17.8 Å². The van der Waals surface area contributed by atoms with Crippen molar-refractivity contribution in [3.05, 3.63) is 0 Å². The molecule has 0 aliphatic carbocycles. The molecule has 0 saturated carbocycles. The quantitative estimate of drug-likeness (QED) is 0.469. The van der Waals surface area contributed by atoms with Gasteiger partial charge in [0, 0.05) is 0 Å². The third kappa shape index (κ3) is 0.576. The summed E-state index contributed by atoms with van der Waals surface area (Å²) in [6, 6.07) is 0. The zero-order chi connectivity index (χ0) is 6.15. The topological polar surface area (TPSA) is 41.5 Å². The Balaban J connectivity index is 2.72. The van der Waals surface area contributed by atoms with Crippen LogP contribution < -0.4 is 5.43 Å². The second-order valence-corrected chi connectivity index (χ2v) is 1.59. The van der Waals surface area contributed by atoms with Crippen LogP contribution in [0.3, 0.4) is 0 Å². The SMILES string of the molecule is CC1=NNC(=O)C1F. The Morgan fingerprint density at radius 3 is 2.62 bits per heavy atom. The van der Waals surface area contributed by atoms with E-state index in [1.165, 1.54) is 6.92 Å². The van der Waals surface area contributed by atoms with Crippen LogP contribution in [-0.2, 0) is 4.79 Å². The van der Waals surface area contributed by atoms with E-state index < -0.39 is 12.1 Å². The Morgan fingerprint density at radius 1 is 1.88 bits per heavy atom. The monoisotopic (exact) mass is 116 g/mol. The lowest BCUT2D eigenvalue weighted by molar-refractivity contribution is -0.122. The zero-order valence-corrected chi connectivity index (χ0v) is 4.31. The number of amides is 1. The molecular weight excluding hydrogens is 111 g/mol. The van der Waals surface area contributed by atoms with Crippen molar-refractivity contribution in [3.8, 4) is 0 Å². The van der Waals surface area contributed by atoms with Gasteiger partial charge in [0.2, 0.25) is 6.17 Å². The number of carbonyl (C=O) groups is 1. The Kier molecular flexibility index (Phi) is 1.00. The maximum atomic E-state index is 12.2. The number of rotatable bonds is 0. The molecule has 1 amide bonds. The highest BCUT2D eigenvalue weighted by atomic mass is 19.1. The summed E-state index contributed by atoms with van der Waals surface area (Å²) in [5.41, 5.74) is 2.20. The van der Waals surface area contributed by atoms with Gasteiger partial charge in [0.15, 0.2) is 0 Å². The highest BCUT2D eigenvalue weighted by molar-refractivity contribution is 6.09. The maximum Gasteiger partial charge on any atom is 0.280 e. The van der Waals surface area contributed by atoms with Gasteiger partial charge in [0.25, 0.3) is 5.91 Å². The van der Waals surface area contributed by atoms with Crippen LogP contribution in [0.4, 0.5) is 4.39 Å². The first-order chi connectivity index (χ1) is 3.72. The smallest absolute Gasteiger partial charge is 0.269 e. The van der Waals surface area contributed by atoms with Crippen LogP contribution in [0.5, 0.6) is 0 Å². The molecule has 1 aliphatic rings. The normalized spacial score (nSPS) is 27.5. The number of carbonyl (C=O) groups excluding carboxylic acids is 1. The summed E-state index contributed by atoms with van der Waals surface area (Å²) < 4.78 is 12.2. The fraction of sp³-hybridized carbons (Fsp3) is 0.500. The summed E-state index contributed by atoms with van der Waals surface area (Å²) in [4.78, 5) is 10.2. The fourth-order valence-corrected chi connectivity index (χ4v) is 0.446. The first kappa shape index (κ1) is 5.21. The van der Waals surface area contributed by atoms with E-state index in [0.29, 0.717) is 0 Å². The van der Waals surface area contributed by atoms with Gasteiger partial charge in [-0.05, 0) is 6.92 Å². The van der Waals surface area contributed by atoms with Gasteiger partial charge in [0.05, 0.1) is 5.71 Å². The van der Waals surface area contributed by atoms with Gasteiger partial charge in [-0.3, -0.25) is 4.79 Å². The first-order valence-corrected chi connectivity index (χ1v) is 2.20. The van der Waals surface area contributed by atoms with Gasteiger partial charge in [-0.2, -0.15) is 5.10 Å². The molecule has 1 heterocycles. The molecule has 44 valence electrons. The molecule has 1 rings (SSSR count). The largest absolute Gasteiger partial charge is 0.280 e. The van der Waals surface area contributed by atoms with Crippen molar-refractivity contribution in [3.63, 3.8) is 0 Å². The third-order valence-corrected chi connectivity index (χ3v) is 0.939. The number of nitrogens with one attached hydrogen (secondary N) is 1. The minimum Gasteiger partial charge on any atom is -0.269 e. The summed E-state index contributed by atoms with van der Waals surface area (Å²) in [7, 11) is 0. The van der Waals surface area contributed by atoms with Crippen molar-refractivity contribution in [2.24, 2.45) is 5.10 Å². The summed E-state index contributed by atoms with van der Waals surface area (Å²) in [5.74, 6) is -0.664. The van der Waals surface area contributed by atoms with E-state index in [9.17, 15) is 9.18 Å². The van der Waals surface area contributed by atoms with Crippen molar-refractivity contribution in [1.29, 1.82) is 0 Å². The van der Waals surface area contributed by atoms with Gasteiger partial charge in [0.1, 0.15) is 0 Å². The lowest BCUT2D eigenvalue weighted by Gasteiger charge is -1.89. The second-order valence-electron chi connectivity index (χ2n) is 1.59. The van der Waals surface area contributed by atoms with E-state index in [-0.39, 0.29) is 5.71 Å². The lowest BCUT2D eigenvalue weighted by Crippen LogP contribution is -2.22. The molecule has 0 aromatic rings. The molecule has 1 atom stereocenters. The van der Waals surface area contributed by atoms with E-state index in [1.807, 2.05) is 5.43 Å². The zero-order valence-electron chi connectivity index (χ0n) is 4.31. The van der Waals surface area contributed by atoms with Gasteiger partial charge >= 0.3 is 0 Å². The van der Waals surface area contributed by atoms with Crippen molar-refractivity contribution in [2.45, 2.75) is 13.1 Å². The fourth-order valence-electron chi connectivity index (χ4n) is 0.446. The Hall–Kier alpha value is -0.930. The third-order valence-electron chi connectivity index (χ3n) is 0.939.